The fraction of sp³-hybridized carbons (Fsp3) is 0.464. The Bertz CT molecular complexity index is 1040. The van der Waals surface area contributed by atoms with Gasteiger partial charge in [-0.25, -0.2) is 4.79 Å². The molecule has 8 nitrogen and oxygen atoms in total. The molecule has 3 N–H and O–H groups in total. The van der Waals surface area contributed by atoms with Gasteiger partial charge in [-0.05, 0) is 57.7 Å². The normalized spacial score (nSPS) is 13.0. The summed E-state index contributed by atoms with van der Waals surface area (Å²) in [6.07, 6.45) is -0.727. The summed E-state index contributed by atoms with van der Waals surface area (Å²) in [7, 11) is 0. The van der Waals surface area contributed by atoms with Crippen LogP contribution in [0, 0.1) is 19.8 Å². The van der Waals surface area contributed by atoms with Gasteiger partial charge in [0.05, 0.1) is 6.61 Å². The van der Waals surface area contributed by atoms with Gasteiger partial charge in [-0.2, -0.15) is 0 Å². The van der Waals surface area contributed by atoms with E-state index in [0.29, 0.717) is 11.3 Å². The van der Waals surface area contributed by atoms with Crippen LogP contribution in [0.5, 0.6) is 0 Å². The van der Waals surface area contributed by atoms with Crippen molar-refractivity contribution in [2.24, 2.45) is 5.92 Å². The van der Waals surface area contributed by atoms with E-state index in [9.17, 15) is 19.5 Å². The number of hydrogen-bond donors (Lipinski definition) is 3. The van der Waals surface area contributed by atoms with Crippen LogP contribution in [0.25, 0.3) is 0 Å². The molecule has 0 fully saturated rings. The molecule has 2 aromatic rings. The van der Waals surface area contributed by atoms with Gasteiger partial charge in [-0.15, -0.1) is 0 Å². The summed E-state index contributed by atoms with van der Waals surface area (Å²) >= 11 is 0. The average molecular weight is 498 g/mol. The third-order valence-electron chi connectivity index (χ3n) is 5.58. The van der Waals surface area contributed by atoms with E-state index in [1.54, 1.807) is 52.8 Å². The van der Waals surface area contributed by atoms with Crippen molar-refractivity contribution >= 4 is 23.6 Å². The molecule has 8 heteroatoms. The maximum Gasteiger partial charge on any atom is 0.408 e. The van der Waals surface area contributed by atoms with Crippen LogP contribution in [0.4, 0.5) is 10.5 Å². The maximum absolute atomic E-state index is 13.8. The number of para-hydroxylation sites is 1. The van der Waals surface area contributed by atoms with Crippen LogP contribution in [0.1, 0.15) is 57.4 Å². The minimum atomic E-state index is -1.04. The van der Waals surface area contributed by atoms with E-state index >= 15 is 0 Å². The van der Waals surface area contributed by atoms with Gasteiger partial charge in [0, 0.05) is 12.2 Å². The minimum absolute atomic E-state index is 0.0994. The van der Waals surface area contributed by atoms with Gasteiger partial charge in [-0.1, -0.05) is 61.9 Å². The van der Waals surface area contributed by atoms with Crippen LogP contribution in [0.2, 0.25) is 0 Å². The Morgan fingerprint density at radius 2 is 1.61 bits per heavy atom. The van der Waals surface area contributed by atoms with Crippen molar-refractivity contribution in [1.29, 1.82) is 0 Å². The van der Waals surface area contributed by atoms with Gasteiger partial charge < -0.3 is 25.4 Å². The zero-order valence-corrected chi connectivity index (χ0v) is 22.3. The molecule has 196 valence electrons. The van der Waals surface area contributed by atoms with E-state index < -0.39 is 35.6 Å². The van der Waals surface area contributed by atoms with Crippen molar-refractivity contribution < 1.29 is 24.2 Å². The Morgan fingerprint density at radius 3 is 2.14 bits per heavy atom. The van der Waals surface area contributed by atoms with Crippen LogP contribution in [-0.2, 0) is 14.3 Å². The van der Waals surface area contributed by atoms with Crippen LogP contribution < -0.4 is 10.6 Å². The number of ether oxygens (including phenoxy) is 1. The lowest BCUT2D eigenvalue weighted by Crippen LogP contribution is -2.55. The third kappa shape index (κ3) is 8.09. The summed E-state index contributed by atoms with van der Waals surface area (Å²) < 4.78 is 5.36. The topological polar surface area (TPSA) is 108 Å². The molecular formula is C28H39N3O5. The number of aliphatic hydroxyl groups is 1. The molecule has 0 bridgehead atoms. The molecule has 0 spiro atoms. The quantitative estimate of drug-likeness (QED) is 0.477. The molecule has 0 aliphatic heterocycles. The first-order chi connectivity index (χ1) is 16.8. The summed E-state index contributed by atoms with van der Waals surface area (Å²) in [6, 6.07) is 12.7. The fourth-order valence-corrected chi connectivity index (χ4v) is 3.74. The molecule has 2 aromatic carbocycles. The number of aliphatic hydroxyl groups excluding tert-OH is 1. The zero-order chi connectivity index (χ0) is 27.0. The zero-order valence-electron chi connectivity index (χ0n) is 22.3. The molecule has 2 rings (SSSR count). The van der Waals surface area contributed by atoms with E-state index in [2.05, 4.69) is 10.6 Å². The first-order valence-corrected chi connectivity index (χ1v) is 12.2. The van der Waals surface area contributed by atoms with Crippen LogP contribution in [-0.4, -0.2) is 52.7 Å². The monoisotopic (exact) mass is 497 g/mol. The molecule has 2 atom stereocenters. The largest absolute Gasteiger partial charge is 0.444 e. The molecule has 36 heavy (non-hydrogen) atoms. The Balaban J connectivity index is 2.48. The van der Waals surface area contributed by atoms with Crippen molar-refractivity contribution in [3.8, 4) is 0 Å². The number of amides is 3. The number of rotatable bonds is 9. The third-order valence-corrected chi connectivity index (χ3v) is 5.58. The Morgan fingerprint density at radius 1 is 1.00 bits per heavy atom. The lowest BCUT2D eigenvalue weighted by Gasteiger charge is -2.35. The van der Waals surface area contributed by atoms with E-state index in [1.807, 2.05) is 44.2 Å². The van der Waals surface area contributed by atoms with Crippen LogP contribution in [0.15, 0.2) is 48.5 Å². The molecule has 0 heterocycles. The predicted molar refractivity (Wildman–Crippen MR) is 141 cm³/mol. The molecule has 0 aliphatic carbocycles. The molecule has 0 radical (unpaired) electrons. The van der Waals surface area contributed by atoms with Crippen molar-refractivity contribution in [3.05, 3.63) is 65.2 Å². The first-order valence-electron chi connectivity index (χ1n) is 12.2. The number of anilines is 1. The number of carbonyl (C=O) groups excluding carboxylic acids is 3. The highest BCUT2D eigenvalue weighted by Gasteiger charge is 2.37. The van der Waals surface area contributed by atoms with Gasteiger partial charge in [0.15, 0.2) is 0 Å². The highest BCUT2D eigenvalue weighted by atomic mass is 16.6. The second-order valence-corrected chi connectivity index (χ2v) is 10.2. The van der Waals surface area contributed by atoms with Crippen molar-refractivity contribution in [3.63, 3.8) is 0 Å². The molecule has 0 aliphatic rings. The predicted octanol–water partition coefficient (Wildman–Crippen LogP) is 4.35. The Hall–Kier alpha value is -3.39. The average Bonchev–Trinajstić information content (AvgIpc) is 2.78. The molecule has 0 saturated heterocycles. The van der Waals surface area contributed by atoms with Crippen LogP contribution in [0.3, 0.4) is 0 Å². The molecule has 0 saturated carbocycles. The number of alkyl carbamates (subject to hydrolysis) is 1. The number of nitrogens with zero attached hydrogens (tertiary/aromatic N) is 1. The number of nitrogens with one attached hydrogen (secondary N) is 2. The SMILES string of the molecule is Cc1ccc(C(C(=O)Nc2ccccc2C)N(CCO)C(=O)C(NC(=O)OC(C)(C)C)C(C)C)cc1. The molecule has 2 unspecified atom stereocenters. The smallest absolute Gasteiger partial charge is 0.408 e. The summed E-state index contributed by atoms with van der Waals surface area (Å²) in [5, 5.41) is 15.4. The van der Waals surface area contributed by atoms with Crippen molar-refractivity contribution in [1.82, 2.24) is 10.2 Å². The summed E-state index contributed by atoms with van der Waals surface area (Å²) in [5.74, 6) is -1.21. The van der Waals surface area contributed by atoms with Gasteiger partial charge in [0.1, 0.15) is 17.7 Å². The summed E-state index contributed by atoms with van der Waals surface area (Å²) in [4.78, 5) is 41.4. The number of aryl methyl sites for hydroxylation is 2. The lowest BCUT2D eigenvalue weighted by atomic mass is 9.98. The summed E-state index contributed by atoms with van der Waals surface area (Å²) in [5.41, 5.74) is 2.36. The van der Waals surface area contributed by atoms with Gasteiger partial charge in [0.25, 0.3) is 5.91 Å². The Labute approximate surface area is 214 Å². The molecule has 3 amide bonds. The van der Waals surface area contributed by atoms with Crippen LogP contribution >= 0.6 is 0 Å². The van der Waals surface area contributed by atoms with Gasteiger partial charge in [0.2, 0.25) is 5.91 Å². The minimum Gasteiger partial charge on any atom is -0.444 e. The Kier molecular flexibility index (Phi) is 10.0. The van der Waals surface area contributed by atoms with Gasteiger partial charge >= 0.3 is 6.09 Å². The van der Waals surface area contributed by atoms with Crippen molar-refractivity contribution in [2.45, 2.75) is 66.2 Å². The van der Waals surface area contributed by atoms with E-state index in [4.69, 9.17) is 4.74 Å². The standard InChI is InChI=1S/C28H39N3O5/c1-18(2)23(30-27(35)36-28(5,6)7)26(34)31(16-17-32)24(21-14-12-19(3)13-15-21)25(33)29-22-11-9-8-10-20(22)4/h8-15,18,23-24,32H,16-17H2,1-7H3,(H,29,33)(H,30,35). The lowest BCUT2D eigenvalue weighted by molar-refractivity contribution is -0.142. The maximum atomic E-state index is 13.8. The van der Waals surface area contributed by atoms with Crippen molar-refractivity contribution in [2.75, 3.05) is 18.5 Å². The van der Waals surface area contributed by atoms with E-state index in [0.717, 1.165) is 11.1 Å². The molecular weight excluding hydrogens is 458 g/mol. The second kappa shape index (κ2) is 12.5. The number of hydrogen-bond acceptors (Lipinski definition) is 5. The highest BCUT2D eigenvalue weighted by Crippen LogP contribution is 2.26. The van der Waals surface area contributed by atoms with Gasteiger partial charge in [-0.3, -0.25) is 9.59 Å². The fourth-order valence-electron chi connectivity index (χ4n) is 3.74. The number of carbonyl (C=O) groups is 3. The highest BCUT2D eigenvalue weighted by molar-refractivity contribution is 5.99. The summed E-state index contributed by atoms with van der Waals surface area (Å²) in [6.45, 7) is 12.2. The van der Waals surface area contributed by atoms with E-state index in [1.165, 1.54) is 4.90 Å². The second-order valence-electron chi connectivity index (χ2n) is 10.2. The molecule has 0 aromatic heterocycles. The van der Waals surface area contributed by atoms with E-state index in [-0.39, 0.29) is 19.1 Å². The first kappa shape index (κ1) is 28.8. The number of benzene rings is 2.